The number of hydrogen-bond donors (Lipinski definition) is 2. The zero-order valence-electron chi connectivity index (χ0n) is 14.6. The van der Waals surface area contributed by atoms with Crippen LogP contribution in [-0.2, 0) is 9.53 Å². The first-order valence-corrected chi connectivity index (χ1v) is 8.28. The summed E-state index contributed by atoms with van der Waals surface area (Å²) < 4.78 is 5.78. The molecule has 1 aromatic carbocycles. The molecule has 5 nitrogen and oxygen atoms in total. The predicted octanol–water partition coefficient (Wildman–Crippen LogP) is 1.69. The van der Waals surface area contributed by atoms with E-state index >= 15 is 0 Å². The summed E-state index contributed by atoms with van der Waals surface area (Å²) in [7, 11) is 0. The van der Waals surface area contributed by atoms with Crippen LogP contribution < -0.4 is 11.1 Å². The van der Waals surface area contributed by atoms with Crippen molar-refractivity contribution in [2.45, 2.75) is 51.5 Å². The quantitative estimate of drug-likeness (QED) is 0.867. The van der Waals surface area contributed by atoms with Gasteiger partial charge in [-0.2, -0.15) is 0 Å². The van der Waals surface area contributed by atoms with Crippen molar-refractivity contribution in [1.82, 2.24) is 10.2 Å². The first-order chi connectivity index (χ1) is 10.8. The third-order valence-electron chi connectivity index (χ3n) is 4.41. The smallest absolute Gasteiger partial charge is 0.241 e. The number of benzene rings is 1. The van der Waals surface area contributed by atoms with E-state index in [4.69, 9.17) is 10.5 Å². The molecule has 1 heterocycles. The Labute approximate surface area is 139 Å². The van der Waals surface area contributed by atoms with Crippen molar-refractivity contribution in [3.05, 3.63) is 35.9 Å². The maximum Gasteiger partial charge on any atom is 0.241 e. The molecule has 3 N–H and O–H groups in total. The fourth-order valence-electron chi connectivity index (χ4n) is 3.01. The number of nitrogens with one attached hydrogen (secondary N) is 1. The summed E-state index contributed by atoms with van der Waals surface area (Å²) in [5.41, 5.74) is 6.73. The zero-order chi connectivity index (χ0) is 17.0. The van der Waals surface area contributed by atoms with E-state index in [1.807, 2.05) is 30.3 Å². The van der Waals surface area contributed by atoms with Crippen molar-refractivity contribution in [2.75, 3.05) is 19.6 Å². The molecule has 3 atom stereocenters. The summed E-state index contributed by atoms with van der Waals surface area (Å²) in [6.45, 7) is 10.8. The van der Waals surface area contributed by atoms with Crippen molar-refractivity contribution >= 4 is 5.91 Å². The Morgan fingerprint density at radius 1 is 1.30 bits per heavy atom. The largest absolute Gasteiger partial charge is 0.373 e. The van der Waals surface area contributed by atoms with Gasteiger partial charge in [0.1, 0.15) is 6.04 Å². The third kappa shape index (κ3) is 4.77. The second-order valence-electron chi connectivity index (χ2n) is 7.08. The molecule has 1 saturated heterocycles. The van der Waals surface area contributed by atoms with E-state index in [1.165, 1.54) is 0 Å². The van der Waals surface area contributed by atoms with Crippen LogP contribution in [0, 0.1) is 0 Å². The molecular weight excluding hydrogens is 290 g/mol. The van der Waals surface area contributed by atoms with Gasteiger partial charge in [-0.15, -0.1) is 0 Å². The highest BCUT2D eigenvalue weighted by molar-refractivity contribution is 5.82. The van der Waals surface area contributed by atoms with Crippen LogP contribution in [0.3, 0.4) is 0 Å². The average Bonchev–Trinajstić information content (AvgIpc) is 2.52. The van der Waals surface area contributed by atoms with Gasteiger partial charge in [-0.3, -0.25) is 9.69 Å². The number of amides is 1. The fourth-order valence-corrected chi connectivity index (χ4v) is 3.01. The molecule has 2 rings (SSSR count). The highest BCUT2D eigenvalue weighted by Gasteiger charge is 2.33. The fraction of sp³-hybridized carbons (Fsp3) is 0.611. The minimum Gasteiger partial charge on any atom is -0.373 e. The van der Waals surface area contributed by atoms with Crippen LogP contribution in [0.5, 0.6) is 0 Å². The first-order valence-electron chi connectivity index (χ1n) is 8.28. The predicted molar refractivity (Wildman–Crippen MR) is 92.0 cm³/mol. The van der Waals surface area contributed by atoms with Crippen molar-refractivity contribution in [3.63, 3.8) is 0 Å². The minimum absolute atomic E-state index is 0.140. The summed E-state index contributed by atoms with van der Waals surface area (Å²) >= 11 is 0. The number of nitrogens with zero attached hydrogens (tertiary/aromatic N) is 1. The molecular formula is C18H29N3O2. The van der Waals surface area contributed by atoms with Gasteiger partial charge in [-0.25, -0.2) is 0 Å². The van der Waals surface area contributed by atoms with E-state index in [1.54, 1.807) is 0 Å². The molecule has 0 bridgehead atoms. The van der Waals surface area contributed by atoms with E-state index in [-0.39, 0.29) is 23.7 Å². The van der Waals surface area contributed by atoms with Crippen LogP contribution in [0.15, 0.2) is 30.3 Å². The van der Waals surface area contributed by atoms with Crippen molar-refractivity contribution < 1.29 is 9.53 Å². The molecule has 0 aliphatic carbocycles. The molecule has 5 heteroatoms. The minimum atomic E-state index is -0.630. The Bertz CT molecular complexity index is 508. The normalized spacial score (nSPS) is 24.2. The highest BCUT2D eigenvalue weighted by atomic mass is 16.5. The number of ether oxygens (including phenoxy) is 1. The van der Waals surface area contributed by atoms with Gasteiger partial charge in [0.05, 0.1) is 12.2 Å². The average molecular weight is 319 g/mol. The second-order valence-corrected chi connectivity index (χ2v) is 7.08. The lowest BCUT2D eigenvalue weighted by atomic mass is 9.99. The van der Waals surface area contributed by atoms with Gasteiger partial charge < -0.3 is 15.8 Å². The number of rotatable bonds is 5. The Balaban J connectivity index is 1.92. The van der Waals surface area contributed by atoms with Gasteiger partial charge in [0.25, 0.3) is 0 Å². The lowest BCUT2D eigenvalue weighted by molar-refractivity contribution is -0.124. The van der Waals surface area contributed by atoms with Gasteiger partial charge in [0.2, 0.25) is 5.91 Å². The van der Waals surface area contributed by atoms with E-state index < -0.39 is 6.04 Å². The Morgan fingerprint density at radius 3 is 2.43 bits per heavy atom. The maximum atomic E-state index is 12.3. The molecule has 0 saturated carbocycles. The van der Waals surface area contributed by atoms with Crippen LogP contribution in [0.2, 0.25) is 0 Å². The van der Waals surface area contributed by atoms with E-state index in [0.717, 1.165) is 18.7 Å². The molecule has 0 radical (unpaired) electrons. The van der Waals surface area contributed by atoms with Crippen LogP contribution in [0.1, 0.15) is 39.3 Å². The van der Waals surface area contributed by atoms with E-state index in [0.29, 0.717) is 6.54 Å². The monoisotopic (exact) mass is 319 g/mol. The molecule has 1 aromatic rings. The van der Waals surface area contributed by atoms with Gasteiger partial charge in [-0.05, 0) is 33.3 Å². The summed E-state index contributed by atoms with van der Waals surface area (Å²) in [6, 6.07) is 8.82. The zero-order valence-corrected chi connectivity index (χ0v) is 14.6. The summed E-state index contributed by atoms with van der Waals surface area (Å²) in [5.74, 6) is -0.140. The van der Waals surface area contributed by atoms with Crippen molar-refractivity contribution in [2.24, 2.45) is 5.73 Å². The van der Waals surface area contributed by atoms with Crippen LogP contribution in [-0.4, -0.2) is 48.2 Å². The Morgan fingerprint density at radius 2 is 1.87 bits per heavy atom. The van der Waals surface area contributed by atoms with Crippen molar-refractivity contribution in [1.29, 1.82) is 0 Å². The third-order valence-corrected chi connectivity index (χ3v) is 4.41. The molecule has 1 amide bonds. The number of hydrogen-bond acceptors (Lipinski definition) is 4. The van der Waals surface area contributed by atoms with Crippen LogP contribution in [0.4, 0.5) is 0 Å². The molecule has 0 spiro atoms. The lowest BCUT2D eigenvalue weighted by Gasteiger charge is -2.45. The highest BCUT2D eigenvalue weighted by Crippen LogP contribution is 2.21. The molecule has 3 unspecified atom stereocenters. The summed E-state index contributed by atoms with van der Waals surface area (Å²) in [5, 5.41) is 3.00. The van der Waals surface area contributed by atoms with Crippen LogP contribution >= 0.6 is 0 Å². The van der Waals surface area contributed by atoms with Gasteiger partial charge in [-0.1, -0.05) is 30.3 Å². The first kappa shape index (κ1) is 17.9. The van der Waals surface area contributed by atoms with Crippen molar-refractivity contribution in [3.8, 4) is 0 Å². The molecule has 1 aliphatic rings. The lowest BCUT2D eigenvalue weighted by Crippen LogP contribution is -2.59. The molecule has 0 aromatic heterocycles. The molecule has 128 valence electrons. The number of carbonyl (C=O) groups excluding carboxylic acids is 1. The molecule has 1 fully saturated rings. The van der Waals surface area contributed by atoms with E-state index in [2.05, 4.69) is 37.9 Å². The number of morpholine rings is 1. The summed E-state index contributed by atoms with van der Waals surface area (Å²) in [6.07, 6.45) is 0.417. The number of carbonyl (C=O) groups is 1. The standard InChI is InChI=1S/C18H29N3O2/c1-13-10-21(11-14(2)23-13)18(3,4)12-20-17(22)16(19)15-8-6-5-7-9-15/h5-9,13-14,16H,10-12,19H2,1-4H3,(H,20,22). The van der Waals surface area contributed by atoms with Gasteiger partial charge in [0.15, 0.2) is 0 Å². The topological polar surface area (TPSA) is 67.6 Å². The van der Waals surface area contributed by atoms with Crippen LogP contribution in [0.25, 0.3) is 0 Å². The Hall–Kier alpha value is -1.43. The van der Waals surface area contributed by atoms with Gasteiger partial charge in [0, 0.05) is 25.2 Å². The summed E-state index contributed by atoms with van der Waals surface area (Å²) in [4.78, 5) is 14.7. The number of nitrogens with two attached hydrogens (primary N) is 1. The van der Waals surface area contributed by atoms with Gasteiger partial charge >= 0.3 is 0 Å². The van der Waals surface area contributed by atoms with E-state index in [9.17, 15) is 4.79 Å². The maximum absolute atomic E-state index is 12.3. The second kappa shape index (κ2) is 7.43. The Kier molecular flexibility index (Phi) is 5.79. The molecule has 23 heavy (non-hydrogen) atoms. The molecule has 1 aliphatic heterocycles. The SMILES string of the molecule is CC1CN(C(C)(C)CNC(=O)C(N)c2ccccc2)CC(C)O1.